The quantitative estimate of drug-likeness (QED) is 0.559. The van der Waals surface area contributed by atoms with Gasteiger partial charge in [0.15, 0.2) is 6.61 Å². The summed E-state index contributed by atoms with van der Waals surface area (Å²) in [5.41, 5.74) is 3.42. The van der Waals surface area contributed by atoms with Crippen LogP contribution in [0.5, 0.6) is 0 Å². The Morgan fingerprint density at radius 2 is 1.52 bits per heavy atom. The first kappa shape index (κ1) is 21.4. The Hall–Kier alpha value is -3.48. The van der Waals surface area contributed by atoms with Gasteiger partial charge >= 0.3 is 5.97 Å². The Morgan fingerprint density at radius 1 is 0.939 bits per heavy atom. The number of esters is 1. The summed E-state index contributed by atoms with van der Waals surface area (Å²) in [6.07, 6.45) is 3.05. The highest BCUT2D eigenvalue weighted by Gasteiger charge is 2.61. The van der Waals surface area contributed by atoms with Crippen molar-refractivity contribution in [2.75, 3.05) is 16.8 Å². The van der Waals surface area contributed by atoms with Crippen molar-refractivity contribution in [2.45, 2.75) is 33.1 Å². The minimum atomic E-state index is -0.647. The molecule has 0 radical (unpaired) electrons. The molecule has 2 bridgehead atoms. The lowest BCUT2D eigenvalue weighted by molar-refractivity contribution is -0.123. The molecule has 3 aliphatic rings. The summed E-state index contributed by atoms with van der Waals surface area (Å²) in [6.45, 7) is 3.46. The van der Waals surface area contributed by atoms with Crippen molar-refractivity contribution in [2.24, 2.45) is 23.7 Å². The zero-order valence-electron chi connectivity index (χ0n) is 18.7. The van der Waals surface area contributed by atoms with Gasteiger partial charge < -0.3 is 10.1 Å². The summed E-state index contributed by atoms with van der Waals surface area (Å²) in [4.78, 5) is 51.7. The molecule has 1 N–H and O–H groups in total. The van der Waals surface area contributed by atoms with E-state index in [1.165, 1.54) is 17.0 Å². The highest BCUT2D eigenvalue weighted by atomic mass is 16.5. The van der Waals surface area contributed by atoms with Crippen LogP contribution >= 0.6 is 0 Å². The van der Waals surface area contributed by atoms with Crippen LogP contribution in [-0.4, -0.2) is 30.3 Å². The molecule has 4 atom stereocenters. The second-order valence-electron chi connectivity index (χ2n) is 9.44. The molecule has 3 amide bonds. The number of hydrogen-bond donors (Lipinski definition) is 1. The number of aryl methyl sites for hydroxylation is 2. The van der Waals surface area contributed by atoms with Crippen molar-refractivity contribution in [3.05, 3.63) is 59.2 Å². The number of fused-ring (bicyclic) bond motifs is 5. The third-order valence-electron chi connectivity index (χ3n) is 7.13. The van der Waals surface area contributed by atoms with Crippen molar-refractivity contribution in [1.29, 1.82) is 0 Å². The average molecular weight is 447 g/mol. The lowest BCUT2D eigenvalue weighted by Crippen LogP contribution is -2.32. The average Bonchev–Trinajstić information content (AvgIpc) is 3.45. The first-order chi connectivity index (χ1) is 15.8. The van der Waals surface area contributed by atoms with Gasteiger partial charge in [-0.25, -0.2) is 4.79 Å². The maximum atomic E-state index is 12.9. The van der Waals surface area contributed by atoms with E-state index >= 15 is 0 Å². The predicted octanol–water partition coefficient (Wildman–Crippen LogP) is 3.63. The van der Waals surface area contributed by atoms with Gasteiger partial charge in [-0.3, -0.25) is 19.3 Å². The van der Waals surface area contributed by atoms with Crippen LogP contribution in [0.1, 0.15) is 40.7 Å². The molecular formula is C26H26N2O5. The normalized spacial score (nSPS) is 25.3. The molecule has 2 aliphatic carbocycles. The Kier molecular flexibility index (Phi) is 5.27. The molecule has 0 unspecified atom stereocenters. The van der Waals surface area contributed by atoms with Gasteiger partial charge in [-0.05, 0) is 92.5 Å². The molecule has 2 saturated carbocycles. The van der Waals surface area contributed by atoms with Gasteiger partial charge in [0.2, 0.25) is 11.8 Å². The zero-order valence-corrected chi connectivity index (χ0v) is 18.7. The van der Waals surface area contributed by atoms with Crippen LogP contribution in [0.15, 0.2) is 42.5 Å². The number of carbonyl (C=O) groups excluding carboxylic acids is 4. The summed E-state index contributed by atoms with van der Waals surface area (Å²) < 4.78 is 5.13. The van der Waals surface area contributed by atoms with Crippen molar-refractivity contribution in [3.8, 4) is 0 Å². The number of amides is 3. The first-order valence-corrected chi connectivity index (χ1v) is 11.3. The fraction of sp³-hybridized carbons (Fsp3) is 0.385. The van der Waals surface area contributed by atoms with Crippen LogP contribution < -0.4 is 10.2 Å². The second-order valence-corrected chi connectivity index (χ2v) is 9.44. The van der Waals surface area contributed by atoms with Gasteiger partial charge in [0.05, 0.1) is 23.1 Å². The molecule has 170 valence electrons. The van der Waals surface area contributed by atoms with E-state index in [1.54, 1.807) is 12.1 Å². The van der Waals surface area contributed by atoms with Gasteiger partial charge in [0, 0.05) is 5.69 Å². The van der Waals surface area contributed by atoms with Crippen molar-refractivity contribution in [3.63, 3.8) is 0 Å². The SMILES string of the molecule is Cc1cc(C)cc(NC(=O)COC(=O)c2ccc(N3C(=O)[C@@H]4[C@H]5CC[C@@H](C5)[C@H]4C3=O)cc2)c1. The van der Waals surface area contributed by atoms with Gasteiger partial charge in [-0.2, -0.15) is 0 Å². The third kappa shape index (κ3) is 3.81. The van der Waals surface area contributed by atoms with Gasteiger partial charge in [-0.1, -0.05) is 6.07 Å². The Balaban J connectivity index is 1.20. The van der Waals surface area contributed by atoms with E-state index in [9.17, 15) is 19.2 Å². The van der Waals surface area contributed by atoms with E-state index < -0.39 is 18.5 Å². The summed E-state index contributed by atoms with van der Waals surface area (Å²) >= 11 is 0. The highest BCUT2D eigenvalue weighted by Crippen LogP contribution is 2.56. The first-order valence-electron chi connectivity index (χ1n) is 11.3. The number of nitrogens with zero attached hydrogens (tertiary/aromatic N) is 1. The molecule has 3 fully saturated rings. The van der Waals surface area contributed by atoms with E-state index in [2.05, 4.69) is 5.32 Å². The standard InChI is InChI=1S/C26H26N2O5/c1-14-9-15(2)11-19(10-14)27-21(29)13-33-26(32)16-5-7-20(8-6-16)28-24(30)22-17-3-4-18(12-17)23(22)25(28)31/h5-11,17-18,22-23H,3-4,12-13H2,1-2H3,(H,27,29)/t17-,18-,22+,23+/m0/s1. The van der Waals surface area contributed by atoms with Crippen molar-refractivity contribution in [1.82, 2.24) is 0 Å². The molecular weight excluding hydrogens is 420 g/mol. The number of imide groups is 1. The second kappa shape index (κ2) is 8.14. The Morgan fingerprint density at radius 3 is 2.09 bits per heavy atom. The topological polar surface area (TPSA) is 92.8 Å². The monoisotopic (exact) mass is 446 g/mol. The Bertz CT molecular complexity index is 1110. The predicted molar refractivity (Wildman–Crippen MR) is 122 cm³/mol. The molecule has 0 aromatic heterocycles. The highest BCUT2D eigenvalue weighted by molar-refractivity contribution is 6.22. The fourth-order valence-corrected chi connectivity index (χ4v) is 5.87. The minimum Gasteiger partial charge on any atom is -0.452 e. The molecule has 33 heavy (non-hydrogen) atoms. The number of nitrogens with one attached hydrogen (secondary N) is 1. The lowest BCUT2D eigenvalue weighted by Gasteiger charge is -2.19. The van der Waals surface area contributed by atoms with Crippen LogP contribution in [0.4, 0.5) is 11.4 Å². The van der Waals surface area contributed by atoms with Crippen LogP contribution in [0.3, 0.4) is 0 Å². The molecule has 0 spiro atoms. The van der Waals surface area contributed by atoms with Crippen LogP contribution in [0.2, 0.25) is 0 Å². The maximum Gasteiger partial charge on any atom is 0.338 e. The number of benzene rings is 2. The van der Waals surface area contributed by atoms with E-state index in [0.29, 0.717) is 23.2 Å². The maximum absolute atomic E-state index is 12.9. The third-order valence-corrected chi connectivity index (χ3v) is 7.13. The summed E-state index contributed by atoms with van der Waals surface area (Å²) in [5, 5.41) is 2.72. The van der Waals surface area contributed by atoms with E-state index in [4.69, 9.17) is 4.74 Å². The number of carbonyl (C=O) groups is 4. The summed E-state index contributed by atoms with van der Waals surface area (Å²) in [5.74, 6) is -1.03. The van der Waals surface area contributed by atoms with Crippen molar-refractivity contribution < 1.29 is 23.9 Å². The van der Waals surface area contributed by atoms with Gasteiger partial charge in [0.25, 0.3) is 5.91 Å². The molecule has 1 aliphatic heterocycles. The van der Waals surface area contributed by atoms with E-state index in [0.717, 1.165) is 30.4 Å². The van der Waals surface area contributed by atoms with E-state index in [-0.39, 0.29) is 29.2 Å². The minimum absolute atomic E-state index is 0.115. The van der Waals surface area contributed by atoms with Crippen LogP contribution in [0.25, 0.3) is 0 Å². The van der Waals surface area contributed by atoms with Crippen LogP contribution in [0, 0.1) is 37.5 Å². The molecule has 7 nitrogen and oxygen atoms in total. The number of ether oxygens (including phenoxy) is 1. The molecule has 2 aromatic carbocycles. The van der Waals surface area contributed by atoms with Gasteiger partial charge in [0.1, 0.15) is 0 Å². The number of rotatable bonds is 5. The lowest BCUT2D eigenvalue weighted by atomic mass is 9.81. The smallest absolute Gasteiger partial charge is 0.338 e. The largest absolute Gasteiger partial charge is 0.452 e. The molecule has 5 rings (SSSR count). The van der Waals surface area contributed by atoms with E-state index in [1.807, 2.05) is 32.0 Å². The van der Waals surface area contributed by atoms with Crippen LogP contribution in [-0.2, 0) is 19.1 Å². The van der Waals surface area contributed by atoms with Crippen molar-refractivity contribution >= 4 is 35.1 Å². The molecule has 7 heteroatoms. The Labute approximate surface area is 192 Å². The fourth-order valence-electron chi connectivity index (χ4n) is 5.87. The van der Waals surface area contributed by atoms with Gasteiger partial charge in [-0.15, -0.1) is 0 Å². The number of hydrogen-bond acceptors (Lipinski definition) is 5. The number of anilines is 2. The molecule has 1 heterocycles. The summed E-state index contributed by atoms with van der Waals surface area (Å²) in [7, 11) is 0. The molecule has 2 aromatic rings. The molecule has 1 saturated heterocycles. The summed E-state index contributed by atoms with van der Waals surface area (Å²) in [6, 6.07) is 11.9. The zero-order chi connectivity index (χ0) is 23.3.